The molecule has 0 spiro atoms. The Morgan fingerprint density at radius 2 is 1.95 bits per heavy atom. The van der Waals surface area contributed by atoms with Gasteiger partial charge in [-0.05, 0) is 46.2 Å². The van der Waals surface area contributed by atoms with Crippen molar-refractivity contribution in [3.05, 3.63) is 58.9 Å². The summed E-state index contributed by atoms with van der Waals surface area (Å²) in [4.78, 5) is 15.6. The Hall–Kier alpha value is -2.66. The molecule has 1 amide bonds. The summed E-state index contributed by atoms with van der Waals surface area (Å²) in [6.45, 7) is 0. The zero-order valence-corrected chi connectivity index (χ0v) is 11.9. The van der Waals surface area contributed by atoms with Gasteiger partial charge in [-0.1, -0.05) is 12.1 Å². The number of thiophene rings is 1. The van der Waals surface area contributed by atoms with Crippen LogP contribution >= 0.6 is 11.3 Å². The van der Waals surface area contributed by atoms with Crippen LogP contribution in [-0.2, 0) is 0 Å². The highest BCUT2D eigenvalue weighted by Crippen LogP contribution is 2.30. The quantitative estimate of drug-likeness (QED) is 0.778. The van der Waals surface area contributed by atoms with Gasteiger partial charge in [-0.2, -0.15) is 11.3 Å². The molecule has 0 aliphatic carbocycles. The van der Waals surface area contributed by atoms with Gasteiger partial charge in [0.15, 0.2) is 0 Å². The molecule has 0 unspecified atom stereocenters. The van der Waals surface area contributed by atoms with Gasteiger partial charge in [-0.3, -0.25) is 4.79 Å². The van der Waals surface area contributed by atoms with Crippen molar-refractivity contribution >= 4 is 23.1 Å². The predicted molar refractivity (Wildman–Crippen MR) is 85.9 cm³/mol. The van der Waals surface area contributed by atoms with Crippen LogP contribution in [0.15, 0.2) is 53.4 Å². The van der Waals surface area contributed by atoms with Crippen LogP contribution in [0.5, 0.6) is 0 Å². The number of nitrogen functional groups attached to an aromatic ring is 1. The van der Waals surface area contributed by atoms with Gasteiger partial charge in [0.25, 0.3) is 0 Å². The van der Waals surface area contributed by atoms with Crippen molar-refractivity contribution in [2.24, 2.45) is 5.73 Å². The Balaban J connectivity index is 2.11. The molecule has 5 heteroatoms. The SMILES string of the molecule is NC(=O)c1cccc(-c2cc(-c3ccsc3)cnc2N)c1. The van der Waals surface area contributed by atoms with Crippen LogP contribution in [0.1, 0.15) is 10.4 Å². The van der Waals surface area contributed by atoms with Crippen molar-refractivity contribution in [3.8, 4) is 22.3 Å². The molecular formula is C16H13N3OS. The summed E-state index contributed by atoms with van der Waals surface area (Å²) in [5, 5.41) is 4.07. The van der Waals surface area contributed by atoms with Gasteiger partial charge >= 0.3 is 0 Å². The van der Waals surface area contributed by atoms with E-state index < -0.39 is 5.91 Å². The van der Waals surface area contributed by atoms with E-state index in [0.29, 0.717) is 11.4 Å². The van der Waals surface area contributed by atoms with E-state index in [1.807, 2.05) is 23.6 Å². The second kappa shape index (κ2) is 5.38. The molecule has 3 rings (SSSR count). The van der Waals surface area contributed by atoms with Crippen LogP contribution in [0.3, 0.4) is 0 Å². The number of carbonyl (C=O) groups is 1. The van der Waals surface area contributed by atoms with E-state index in [9.17, 15) is 4.79 Å². The highest BCUT2D eigenvalue weighted by molar-refractivity contribution is 7.08. The number of rotatable bonds is 3. The number of benzene rings is 1. The summed E-state index contributed by atoms with van der Waals surface area (Å²) in [5.74, 6) is -0.0343. The number of primary amides is 1. The van der Waals surface area contributed by atoms with Crippen molar-refractivity contribution in [1.29, 1.82) is 0 Å². The van der Waals surface area contributed by atoms with Gasteiger partial charge in [-0.15, -0.1) is 0 Å². The smallest absolute Gasteiger partial charge is 0.248 e. The molecule has 4 N–H and O–H groups in total. The second-order valence-corrected chi connectivity index (χ2v) is 5.39. The second-order valence-electron chi connectivity index (χ2n) is 4.61. The molecular weight excluding hydrogens is 282 g/mol. The molecule has 0 fully saturated rings. The molecule has 21 heavy (non-hydrogen) atoms. The topological polar surface area (TPSA) is 82.0 Å². The molecule has 0 saturated carbocycles. The van der Waals surface area contributed by atoms with Crippen LogP contribution in [0.2, 0.25) is 0 Å². The summed E-state index contributed by atoms with van der Waals surface area (Å²) < 4.78 is 0. The van der Waals surface area contributed by atoms with Crippen LogP contribution in [0.4, 0.5) is 5.82 Å². The van der Waals surface area contributed by atoms with E-state index >= 15 is 0 Å². The molecule has 0 aliphatic rings. The number of anilines is 1. The molecule has 0 radical (unpaired) electrons. The van der Waals surface area contributed by atoms with Crippen molar-refractivity contribution in [2.45, 2.75) is 0 Å². The monoisotopic (exact) mass is 295 g/mol. The Kier molecular flexibility index (Phi) is 3.41. The number of nitrogens with two attached hydrogens (primary N) is 2. The van der Waals surface area contributed by atoms with E-state index in [4.69, 9.17) is 11.5 Å². The Labute approximate surface area is 126 Å². The molecule has 2 aromatic heterocycles. The van der Waals surface area contributed by atoms with Gasteiger partial charge in [0.1, 0.15) is 5.82 Å². The van der Waals surface area contributed by atoms with Gasteiger partial charge in [0, 0.05) is 22.9 Å². The molecule has 4 nitrogen and oxygen atoms in total. The highest BCUT2D eigenvalue weighted by Gasteiger charge is 2.09. The van der Waals surface area contributed by atoms with Crippen LogP contribution in [0, 0.1) is 0 Å². The van der Waals surface area contributed by atoms with Crippen molar-refractivity contribution in [3.63, 3.8) is 0 Å². The number of pyridine rings is 1. The standard InChI is InChI=1S/C16H13N3OS/c17-15-14(10-2-1-3-11(6-10)16(18)20)7-13(8-19-15)12-4-5-21-9-12/h1-9H,(H2,17,19)(H2,18,20). The first-order valence-electron chi connectivity index (χ1n) is 6.33. The lowest BCUT2D eigenvalue weighted by molar-refractivity contribution is 0.100. The van der Waals surface area contributed by atoms with Crippen molar-refractivity contribution in [2.75, 3.05) is 5.73 Å². The zero-order chi connectivity index (χ0) is 14.8. The normalized spacial score (nSPS) is 10.5. The minimum Gasteiger partial charge on any atom is -0.383 e. The third-order valence-electron chi connectivity index (χ3n) is 3.23. The first-order valence-corrected chi connectivity index (χ1v) is 7.28. The number of aromatic nitrogens is 1. The number of nitrogens with zero attached hydrogens (tertiary/aromatic N) is 1. The lowest BCUT2D eigenvalue weighted by Crippen LogP contribution is -2.10. The fraction of sp³-hybridized carbons (Fsp3) is 0. The third kappa shape index (κ3) is 2.64. The van der Waals surface area contributed by atoms with Crippen molar-refractivity contribution < 1.29 is 4.79 Å². The fourth-order valence-corrected chi connectivity index (χ4v) is 2.80. The van der Waals surface area contributed by atoms with Crippen molar-refractivity contribution in [1.82, 2.24) is 4.98 Å². The van der Waals surface area contributed by atoms with E-state index in [1.54, 1.807) is 35.7 Å². The number of carbonyl (C=O) groups excluding carboxylic acids is 1. The molecule has 2 heterocycles. The minimum atomic E-state index is -0.461. The highest BCUT2D eigenvalue weighted by atomic mass is 32.1. The summed E-state index contributed by atoms with van der Waals surface area (Å²) in [6, 6.07) is 11.1. The Bertz CT molecular complexity index is 797. The van der Waals surface area contributed by atoms with E-state index in [1.165, 1.54) is 0 Å². The summed E-state index contributed by atoms with van der Waals surface area (Å²) in [7, 11) is 0. The first kappa shape index (κ1) is 13.3. The molecule has 0 atom stereocenters. The van der Waals surface area contributed by atoms with E-state index in [2.05, 4.69) is 10.4 Å². The molecule has 1 aromatic carbocycles. The maximum atomic E-state index is 11.3. The lowest BCUT2D eigenvalue weighted by Gasteiger charge is -2.08. The Morgan fingerprint density at radius 1 is 1.10 bits per heavy atom. The van der Waals surface area contributed by atoms with Gasteiger partial charge in [0.05, 0.1) is 0 Å². The minimum absolute atomic E-state index is 0.426. The molecule has 3 aromatic rings. The zero-order valence-electron chi connectivity index (χ0n) is 11.1. The van der Waals surface area contributed by atoms with Gasteiger partial charge in [-0.25, -0.2) is 4.98 Å². The molecule has 0 bridgehead atoms. The summed E-state index contributed by atoms with van der Waals surface area (Å²) in [6.07, 6.45) is 1.75. The average Bonchev–Trinajstić information content (AvgIpc) is 3.02. The van der Waals surface area contributed by atoms with Crippen LogP contribution < -0.4 is 11.5 Å². The molecule has 104 valence electrons. The fourth-order valence-electron chi connectivity index (χ4n) is 2.13. The van der Waals surface area contributed by atoms with Gasteiger partial charge < -0.3 is 11.5 Å². The lowest BCUT2D eigenvalue weighted by atomic mass is 10.0. The largest absolute Gasteiger partial charge is 0.383 e. The van der Waals surface area contributed by atoms with Crippen LogP contribution in [0.25, 0.3) is 22.3 Å². The third-order valence-corrected chi connectivity index (χ3v) is 3.91. The average molecular weight is 295 g/mol. The number of hydrogen-bond acceptors (Lipinski definition) is 4. The van der Waals surface area contributed by atoms with Gasteiger partial charge in [0.2, 0.25) is 5.91 Å². The molecule has 0 saturated heterocycles. The molecule has 0 aliphatic heterocycles. The van der Waals surface area contributed by atoms with Crippen LogP contribution in [-0.4, -0.2) is 10.9 Å². The summed E-state index contributed by atoms with van der Waals surface area (Å²) >= 11 is 1.63. The number of amides is 1. The predicted octanol–water partition coefficient (Wildman–Crippen LogP) is 3.16. The Morgan fingerprint density at radius 3 is 2.67 bits per heavy atom. The maximum absolute atomic E-state index is 11.3. The summed E-state index contributed by atoms with van der Waals surface area (Å²) in [5.41, 5.74) is 15.5. The number of hydrogen-bond donors (Lipinski definition) is 2. The van der Waals surface area contributed by atoms with E-state index in [-0.39, 0.29) is 0 Å². The first-order chi connectivity index (χ1) is 10.1. The maximum Gasteiger partial charge on any atom is 0.248 e. The van der Waals surface area contributed by atoms with E-state index in [0.717, 1.165) is 22.3 Å².